The van der Waals surface area contributed by atoms with Crippen LogP contribution in [0.25, 0.3) is 10.9 Å². The Morgan fingerprint density at radius 1 is 1.28 bits per heavy atom. The second-order valence-electron chi connectivity index (χ2n) is 7.89. The van der Waals surface area contributed by atoms with Gasteiger partial charge in [0.05, 0.1) is 12.2 Å². The predicted octanol–water partition coefficient (Wildman–Crippen LogP) is 3.75. The molecule has 152 valence electrons. The lowest BCUT2D eigenvalue weighted by atomic mass is 9.96. The molecule has 3 heterocycles. The van der Waals surface area contributed by atoms with E-state index < -0.39 is 0 Å². The normalized spacial score (nSPS) is 18.0. The zero-order valence-corrected chi connectivity index (χ0v) is 16.7. The number of H-pyrrole nitrogens is 1. The minimum atomic E-state index is -0.164. The molecule has 29 heavy (non-hydrogen) atoms. The Morgan fingerprint density at radius 2 is 2.14 bits per heavy atom. The fraction of sp³-hybridized carbons (Fsp3) is 0.391. The van der Waals surface area contributed by atoms with Crippen LogP contribution in [0.15, 0.2) is 53.1 Å². The summed E-state index contributed by atoms with van der Waals surface area (Å²) in [4.78, 5) is 30.7. The zero-order valence-electron chi connectivity index (χ0n) is 16.7. The van der Waals surface area contributed by atoms with Crippen LogP contribution in [0.4, 0.5) is 0 Å². The first-order chi connectivity index (χ1) is 14.1. The van der Waals surface area contributed by atoms with E-state index in [1.165, 1.54) is 0 Å². The lowest BCUT2D eigenvalue weighted by Gasteiger charge is -2.32. The lowest BCUT2D eigenvalue weighted by molar-refractivity contribution is -0.127. The molecule has 0 aliphatic carbocycles. The highest BCUT2D eigenvalue weighted by molar-refractivity contribution is 5.98. The van der Waals surface area contributed by atoms with Gasteiger partial charge in [-0.2, -0.15) is 0 Å². The van der Waals surface area contributed by atoms with Crippen molar-refractivity contribution in [2.75, 3.05) is 13.1 Å². The van der Waals surface area contributed by atoms with Gasteiger partial charge in [0.1, 0.15) is 11.5 Å². The molecule has 1 saturated heterocycles. The van der Waals surface area contributed by atoms with Crippen molar-refractivity contribution < 1.29 is 14.0 Å². The number of fused-ring (bicyclic) bond motifs is 1. The molecule has 3 aromatic rings. The van der Waals surface area contributed by atoms with Crippen molar-refractivity contribution in [1.29, 1.82) is 0 Å². The number of piperidine rings is 1. The average Bonchev–Trinajstić information content (AvgIpc) is 3.41. The van der Waals surface area contributed by atoms with E-state index >= 15 is 0 Å². The maximum atomic E-state index is 12.9. The van der Waals surface area contributed by atoms with E-state index in [2.05, 4.69) is 10.3 Å². The number of aromatic nitrogens is 1. The van der Waals surface area contributed by atoms with Crippen molar-refractivity contribution in [2.24, 2.45) is 5.92 Å². The molecule has 0 bridgehead atoms. The fourth-order valence-corrected chi connectivity index (χ4v) is 3.98. The van der Waals surface area contributed by atoms with Gasteiger partial charge in [-0.3, -0.25) is 9.59 Å². The first-order valence-electron chi connectivity index (χ1n) is 10.3. The number of para-hydroxylation sites is 1. The third kappa shape index (κ3) is 4.53. The van der Waals surface area contributed by atoms with Gasteiger partial charge >= 0.3 is 0 Å². The summed E-state index contributed by atoms with van der Waals surface area (Å²) >= 11 is 0. The van der Waals surface area contributed by atoms with E-state index in [9.17, 15) is 9.59 Å². The largest absolute Gasteiger partial charge is 0.469 e. The van der Waals surface area contributed by atoms with Crippen LogP contribution in [0, 0.1) is 5.92 Å². The molecular weight excluding hydrogens is 366 g/mol. The highest BCUT2D eigenvalue weighted by Gasteiger charge is 2.30. The molecule has 1 aromatic carbocycles. The fourth-order valence-electron chi connectivity index (χ4n) is 3.98. The van der Waals surface area contributed by atoms with Gasteiger partial charge in [0.25, 0.3) is 5.91 Å². The number of hydrogen-bond donors (Lipinski definition) is 2. The number of furan rings is 1. The Hall–Kier alpha value is -3.02. The smallest absolute Gasteiger partial charge is 0.270 e. The first kappa shape index (κ1) is 19.3. The SMILES string of the molecule is CC(CCc1ccco1)NC(=O)C1CCCN(C(=O)c2cc3ccccc3[nH]2)C1. The molecule has 0 spiro atoms. The molecule has 0 radical (unpaired) electrons. The Bertz CT molecular complexity index is 943. The second-order valence-corrected chi connectivity index (χ2v) is 7.89. The van der Waals surface area contributed by atoms with E-state index in [-0.39, 0.29) is 23.8 Å². The zero-order chi connectivity index (χ0) is 20.2. The predicted molar refractivity (Wildman–Crippen MR) is 112 cm³/mol. The summed E-state index contributed by atoms with van der Waals surface area (Å²) in [5.74, 6) is 0.762. The maximum Gasteiger partial charge on any atom is 0.270 e. The molecule has 4 rings (SSSR count). The second kappa shape index (κ2) is 8.55. The van der Waals surface area contributed by atoms with Crippen molar-refractivity contribution in [2.45, 2.75) is 38.6 Å². The summed E-state index contributed by atoms with van der Waals surface area (Å²) in [6.45, 7) is 3.16. The minimum absolute atomic E-state index is 0.0334. The molecule has 1 aliphatic rings. The molecule has 2 unspecified atom stereocenters. The highest BCUT2D eigenvalue weighted by atomic mass is 16.3. The third-order valence-electron chi connectivity index (χ3n) is 5.63. The van der Waals surface area contributed by atoms with Gasteiger partial charge in [-0.05, 0) is 50.5 Å². The highest BCUT2D eigenvalue weighted by Crippen LogP contribution is 2.21. The Kier molecular flexibility index (Phi) is 5.69. The number of carbonyl (C=O) groups is 2. The van der Waals surface area contributed by atoms with Gasteiger partial charge in [-0.1, -0.05) is 18.2 Å². The number of amides is 2. The lowest BCUT2D eigenvalue weighted by Crippen LogP contribution is -2.47. The molecule has 1 aliphatic heterocycles. The van der Waals surface area contributed by atoms with Crippen LogP contribution in [0.2, 0.25) is 0 Å². The van der Waals surface area contributed by atoms with E-state index in [1.807, 2.05) is 49.4 Å². The number of hydrogen-bond acceptors (Lipinski definition) is 3. The van der Waals surface area contributed by atoms with Crippen LogP contribution in [0.5, 0.6) is 0 Å². The summed E-state index contributed by atoms with van der Waals surface area (Å²) < 4.78 is 5.35. The summed E-state index contributed by atoms with van der Waals surface area (Å²) in [6.07, 6.45) is 4.94. The molecule has 2 aromatic heterocycles. The van der Waals surface area contributed by atoms with Gasteiger partial charge < -0.3 is 19.6 Å². The number of nitrogens with one attached hydrogen (secondary N) is 2. The van der Waals surface area contributed by atoms with Crippen molar-refractivity contribution in [1.82, 2.24) is 15.2 Å². The third-order valence-corrected chi connectivity index (χ3v) is 5.63. The Morgan fingerprint density at radius 3 is 2.93 bits per heavy atom. The van der Waals surface area contributed by atoms with Gasteiger partial charge in [-0.15, -0.1) is 0 Å². The number of benzene rings is 1. The monoisotopic (exact) mass is 393 g/mol. The van der Waals surface area contributed by atoms with E-state index in [1.54, 1.807) is 11.2 Å². The van der Waals surface area contributed by atoms with E-state index in [4.69, 9.17) is 4.42 Å². The van der Waals surface area contributed by atoms with E-state index in [0.29, 0.717) is 18.8 Å². The number of aromatic amines is 1. The molecule has 1 fully saturated rings. The average molecular weight is 393 g/mol. The number of rotatable bonds is 6. The summed E-state index contributed by atoms with van der Waals surface area (Å²) in [5.41, 5.74) is 1.53. The minimum Gasteiger partial charge on any atom is -0.469 e. The van der Waals surface area contributed by atoms with Crippen LogP contribution in [0.3, 0.4) is 0 Å². The number of likely N-dealkylation sites (tertiary alicyclic amines) is 1. The molecule has 2 N–H and O–H groups in total. The van der Waals surface area contributed by atoms with Gasteiger partial charge in [0.15, 0.2) is 0 Å². The molecule has 2 amide bonds. The van der Waals surface area contributed by atoms with Crippen molar-refractivity contribution in [3.05, 3.63) is 60.2 Å². The standard InChI is InChI=1S/C23H27N3O3/c1-16(10-11-19-8-5-13-29-19)24-22(27)18-7-4-12-26(15-18)23(28)21-14-17-6-2-3-9-20(17)25-21/h2-3,5-6,8-9,13-14,16,18,25H,4,7,10-12,15H2,1H3,(H,24,27). The van der Waals surface area contributed by atoms with Crippen LogP contribution in [0.1, 0.15) is 42.4 Å². The van der Waals surface area contributed by atoms with Gasteiger partial charge in [0.2, 0.25) is 5.91 Å². The molecule has 6 nitrogen and oxygen atoms in total. The molecule has 2 atom stereocenters. The van der Waals surface area contributed by atoms with Crippen LogP contribution in [-0.2, 0) is 11.2 Å². The molecular formula is C23H27N3O3. The van der Waals surface area contributed by atoms with Crippen molar-refractivity contribution in [3.63, 3.8) is 0 Å². The quantitative estimate of drug-likeness (QED) is 0.669. The molecule has 0 saturated carbocycles. The summed E-state index contributed by atoms with van der Waals surface area (Å²) in [6, 6.07) is 13.6. The van der Waals surface area contributed by atoms with Crippen LogP contribution in [-0.4, -0.2) is 40.8 Å². The van der Waals surface area contributed by atoms with Crippen molar-refractivity contribution >= 4 is 22.7 Å². The van der Waals surface area contributed by atoms with Crippen LogP contribution < -0.4 is 5.32 Å². The van der Waals surface area contributed by atoms with Crippen LogP contribution >= 0.6 is 0 Å². The number of aryl methyl sites for hydroxylation is 1. The van der Waals surface area contributed by atoms with Crippen molar-refractivity contribution in [3.8, 4) is 0 Å². The Balaban J connectivity index is 1.33. The number of nitrogens with zero attached hydrogens (tertiary/aromatic N) is 1. The maximum absolute atomic E-state index is 12.9. The van der Waals surface area contributed by atoms with Gasteiger partial charge in [-0.25, -0.2) is 0 Å². The van der Waals surface area contributed by atoms with E-state index in [0.717, 1.165) is 42.3 Å². The van der Waals surface area contributed by atoms with Gasteiger partial charge in [0, 0.05) is 36.5 Å². The number of carbonyl (C=O) groups excluding carboxylic acids is 2. The Labute approximate surface area is 170 Å². The summed E-state index contributed by atoms with van der Waals surface area (Å²) in [5, 5.41) is 4.13. The molecule has 6 heteroatoms. The topological polar surface area (TPSA) is 78.3 Å². The first-order valence-corrected chi connectivity index (χ1v) is 10.3. The summed E-state index contributed by atoms with van der Waals surface area (Å²) in [7, 11) is 0.